The third-order valence-corrected chi connectivity index (χ3v) is 3.47. The molecule has 0 aromatic carbocycles. The molecule has 0 saturated carbocycles. The Hall–Kier alpha value is -0.610. The molecule has 1 rings (SSSR count). The van der Waals surface area contributed by atoms with Gasteiger partial charge in [-0.3, -0.25) is 4.79 Å². The van der Waals surface area contributed by atoms with Crippen molar-refractivity contribution in [3.05, 3.63) is 21.9 Å². The van der Waals surface area contributed by atoms with Gasteiger partial charge in [0, 0.05) is 6.42 Å². The fraction of sp³-hybridized carbons (Fsp3) is 0.500. The smallest absolute Gasteiger partial charge is 0.224 e. The van der Waals surface area contributed by atoms with Gasteiger partial charge in [0.1, 0.15) is 5.15 Å². The predicted molar refractivity (Wildman–Crippen MR) is 74.3 cm³/mol. The van der Waals surface area contributed by atoms with Crippen LogP contribution < -0.4 is 5.32 Å². The monoisotopic (exact) mass is 318 g/mol. The first-order valence-electron chi connectivity index (χ1n) is 5.74. The molecule has 0 unspecified atom stereocenters. The number of carbonyl (C=O) groups excluding carboxylic acids is 1. The number of pyridine rings is 1. The maximum atomic E-state index is 11.6. The van der Waals surface area contributed by atoms with E-state index in [-0.39, 0.29) is 5.91 Å². The van der Waals surface area contributed by atoms with Crippen LogP contribution in [-0.4, -0.2) is 10.9 Å². The number of hydrogen-bond donors (Lipinski definition) is 1. The summed E-state index contributed by atoms with van der Waals surface area (Å²) in [5.41, 5.74) is 0.668. The molecule has 1 N–H and O–H groups in total. The largest absolute Gasteiger partial charge is 0.325 e. The number of aromatic nitrogens is 1. The lowest BCUT2D eigenvalue weighted by molar-refractivity contribution is -0.116. The van der Waals surface area contributed by atoms with Gasteiger partial charge in [0.25, 0.3) is 0 Å². The zero-order valence-corrected chi connectivity index (χ0v) is 12.1. The highest BCUT2D eigenvalue weighted by Gasteiger charge is 2.04. The summed E-state index contributed by atoms with van der Waals surface area (Å²) < 4.78 is 0.683. The number of rotatable bonds is 6. The van der Waals surface area contributed by atoms with Crippen molar-refractivity contribution in [3.63, 3.8) is 0 Å². The number of halogens is 2. The first-order valence-corrected chi connectivity index (χ1v) is 6.91. The summed E-state index contributed by atoms with van der Waals surface area (Å²) >= 11 is 9.03. The molecule has 1 aromatic rings. The minimum atomic E-state index is 0.0251. The van der Waals surface area contributed by atoms with E-state index in [9.17, 15) is 4.79 Å². The van der Waals surface area contributed by atoms with E-state index in [2.05, 4.69) is 33.2 Å². The van der Waals surface area contributed by atoms with Crippen LogP contribution in [0.15, 0.2) is 16.7 Å². The van der Waals surface area contributed by atoms with Crippen LogP contribution in [0.2, 0.25) is 5.15 Å². The number of hydrogen-bond acceptors (Lipinski definition) is 2. The third kappa shape index (κ3) is 5.50. The molecule has 0 aliphatic rings. The van der Waals surface area contributed by atoms with Crippen molar-refractivity contribution in [2.45, 2.75) is 39.0 Å². The Morgan fingerprint density at radius 3 is 2.88 bits per heavy atom. The van der Waals surface area contributed by atoms with E-state index in [1.807, 2.05) is 0 Å². The SMILES string of the molecule is CCCCCCC(=O)Nc1cnc(Cl)c(Br)c1. The van der Waals surface area contributed by atoms with Crippen molar-refractivity contribution < 1.29 is 4.79 Å². The molecular formula is C12H16BrClN2O. The predicted octanol–water partition coefficient (Wildman–Crippen LogP) is 4.41. The van der Waals surface area contributed by atoms with E-state index in [4.69, 9.17) is 11.6 Å². The highest BCUT2D eigenvalue weighted by molar-refractivity contribution is 9.10. The summed E-state index contributed by atoms with van der Waals surface area (Å²) in [7, 11) is 0. The van der Waals surface area contributed by atoms with E-state index in [1.165, 1.54) is 12.8 Å². The molecule has 1 heterocycles. The Balaban J connectivity index is 2.37. The molecule has 0 spiro atoms. The van der Waals surface area contributed by atoms with Crippen LogP contribution in [0.25, 0.3) is 0 Å². The second-order valence-electron chi connectivity index (χ2n) is 3.86. The Kier molecular flexibility index (Phi) is 6.52. The van der Waals surface area contributed by atoms with Gasteiger partial charge in [-0.15, -0.1) is 0 Å². The number of unbranched alkanes of at least 4 members (excludes halogenated alkanes) is 3. The van der Waals surface area contributed by atoms with E-state index < -0.39 is 0 Å². The van der Waals surface area contributed by atoms with Gasteiger partial charge in [0.15, 0.2) is 0 Å². The van der Waals surface area contributed by atoms with Crippen LogP contribution in [0.1, 0.15) is 39.0 Å². The van der Waals surface area contributed by atoms with Gasteiger partial charge in [-0.05, 0) is 28.4 Å². The van der Waals surface area contributed by atoms with Crippen molar-refractivity contribution in [1.29, 1.82) is 0 Å². The van der Waals surface area contributed by atoms with Gasteiger partial charge in [0.2, 0.25) is 5.91 Å². The van der Waals surface area contributed by atoms with Crippen LogP contribution >= 0.6 is 27.5 Å². The zero-order chi connectivity index (χ0) is 12.7. The fourth-order valence-electron chi connectivity index (χ4n) is 1.43. The first kappa shape index (κ1) is 14.5. The van der Waals surface area contributed by atoms with Crippen molar-refractivity contribution >= 4 is 39.1 Å². The van der Waals surface area contributed by atoms with Crippen LogP contribution in [0.5, 0.6) is 0 Å². The average Bonchev–Trinajstić information content (AvgIpc) is 2.30. The molecule has 0 bridgehead atoms. The standard InChI is InChI=1S/C12H16BrClN2O/c1-2-3-4-5-6-11(17)16-9-7-10(13)12(14)15-8-9/h7-8H,2-6H2,1H3,(H,16,17). The molecule has 17 heavy (non-hydrogen) atoms. The number of carbonyl (C=O) groups is 1. The van der Waals surface area contributed by atoms with Crippen molar-refractivity contribution in [3.8, 4) is 0 Å². The highest BCUT2D eigenvalue weighted by Crippen LogP contribution is 2.22. The number of nitrogens with one attached hydrogen (secondary N) is 1. The summed E-state index contributed by atoms with van der Waals surface area (Å²) in [6, 6.07) is 1.75. The number of nitrogens with zero attached hydrogens (tertiary/aromatic N) is 1. The molecule has 0 fully saturated rings. The molecule has 1 amide bonds. The summed E-state index contributed by atoms with van der Waals surface area (Å²) in [5, 5.41) is 3.19. The van der Waals surface area contributed by atoms with Crippen LogP contribution in [-0.2, 0) is 4.79 Å². The molecule has 3 nitrogen and oxygen atoms in total. The Bertz CT molecular complexity index is 385. The molecule has 0 radical (unpaired) electrons. The summed E-state index contributed by atoms with van der Waals surface area (Å²) in [5.74, 6) is 0.0251. The van der Waals surface area contributed by atoms with Crippen molar-refractivity contribution in [2.75, 3.05) is 5.32 Å². The van der Waals surface area contributed by atoms with Crippen LogP contribution in [0.3, 0.4) is 0 Å². The van der Waals surface area contributed by atoms with Gasteiger partial charge in [-0.1, -0.05) is 37.8 Å². The second kappa shape index (κ2) is 7.67. The van der Waals surface area contributed by atoms with E-state index in [0.717, 1.165) is 12.8 Å². The molecular weight excluding hydrogens is 304 g/mol. The van der Waals surface area contributed by atoms with Gasteiger partial charge < -0.3 is 5.32 Å². The Morgan fingerprint density at radius 2 is 2.24 bits per heavy atom. The van der Waals surface area contributed by atoms with E-state index in [0.29, 0.717) is 21.7 Å². The van der Waals surface area contributed by atoms with Gasteiger partial charge in [0.05, 0.1) is 16.4 Å². The molecule has 5 heteroatoms. The number of anilines is 1. The average molecular weight is 320 g/mol. The van der Waals surface area contributed by atoms with Crippen molar-refractivity contribution in [2.24, 2.45) is 0 Å². The summed E-state index contributed by atoms with van der Waals surface area (Å²) in [4.78, 5) is 15.5. The van der Waals surface area contributed by atoms with Crippen LogP contribution in [0.4, 0.5) is 5.69 Å². The molecule has 94 valence electrons. The zero-order valence-electron chi connectivity index (χ0n) is 9.80. The maximum absolute atomic E-state index is 11.6. The molecule has 0 saturated heterocycles. The number of amides is 1. The normalized spacial score (nSPS) is 10.3. The minimum Gasteiger partial charge on any atom is -0.325 e. The molecule has 0 atom stereocenters. The third-order valence-electron chi connectivity index (χ3n) is 2.34. The Morgan fingerprint density at radius 1 is 1.47 bits per heavy atom. The highest BCUT2D eigenvalue weighted by atomic mass is 79.9. The first-order chi connectivity index (χ1) is 8.13. The quantitative estimate of drug-likeness (QED) is 0.623. The topological polar surface area (TPSA) is 42.0 Å². The fourth-order valence-corrected chi connectivity index (χ4v) is 1.88. The van der Waals surface area contributed by atoms with Gasteiger partial charge >= 0.3 is 0 Å². The second-order valence-corrected chi connectivity index (χ2v) is 5.07. The summed E-state index contributed by atoms with van der Waals surface area (Å²) in [6.07, 6.45) is 6.50. The van der Waals surface area contributed by atoms with E-state index in [1.54, 1.807) is 12.3 Å². The summed E-state index contributed by atoms with van der Waals surface area (Å²) in [6.45, 7) is 2.15. The van der Waals surface area contributed by atoms with Crippen LogP contribution in [0, 0.1) is 0 Å². The Labute approximate surface area is 115 Å². The van der Waals surface area contributed by atoms with E-state index >= 15 is 0 Å². The van der Waals surface area contributed by atoms with Gasteiger partial charge in [-0.2, -0.15) is 0 Å². The van der Waals surface area contributed by atoms with Gasteiger partial charge in [-0.25, -0.2) is 4.98 Å². The lowest BCUT2D eigenvalue weighted by Crippen LogP contribution is -2.11. The molecule has 0 aliphatic heterocycles. The molecule has 1 aromatic heterocycles. The lowest BCUT2D eigenvalue weighted by Gasteiger charge is -2.05. The van der Waals surface area contributed by atoms with Crippen molar-refractivity contribution in [1.82, 2.24) is 4.98 Å². The maximum Gasteiger partial charge on any atom is 0.224 e. The lowest BCUT2D eigenvalue weighted by atomic mass is 10.1. The molecule has 0 aliphatic carbocycles. The minimum absolute atomic E-state index is 0.0251.